The summed E-state index contributed by atoms with van der Waals surface area (Å²) >= 11 is 0. The Morgan fingerprint density at radius 3 is 3.00 bits per heavy atom. The van der Waals surface area contributed by atoms with E-state index >= 15 is 0 Å². The molecular weight excluding hydrogens is 138 g/mol. The fraction of sp³-hybridized carbons (Fsp3) is 0.500. The number of hydrogen-bond acceptors (Lipinski definition) is 2. The summed E-state index contributed by atoms with van der Waals surface area (Å²) in [5, 5.41) is 8.63. The van der Waals surface area contributed by atoms with Gasteiger partial charge in [0.2, 0.25) is 0 Å². The van der Waals surface area contributed by atoms with Crippen LogP contribution in [0.2, 0.25) is 0 Å². The molecule has 11 heavy (non-hydrogen) atoms. The number of aryl methyl sites for hydroxylation is 1. The predicted molar refractivity (Wildman–Crippen MR) is 41.9 cm³/mol. The number of hydrogen-bond donors (Lipinski definition) is 0. The van der Waals surface area contributed by atoms with Crippen molar-refractivity contribution in [2.45, 2.75) is 19.8 Å². The van der Waals surface area contributed by atoms with Crippen LogP contribution in [0.5, 0.6) is 0 Å². The van der Waals surface area contributed by atoms with Crippen molar-refractivity contribution in [2.75, 3.05) is 0 Å². The molecule has 0 aliphatic heterocycles. The molecule has 0 aromatic carbocycles. The van der Waals surface area contributed by atoms with Crippen molar-refractivity contribution in [2.24, 2.45) is 7.05 Å². The van der Waals surface area contributed by atoms with Gasteiger partial charge in [-0.1, -0.05) is 13.3 Å². The molecule has 0 spiro atoms. The van der Waals surface area contributed by atoms with Gasteiger partial charge in [0.25, 0.3) is 0 Å². The maximum atomic E-state index is 8.63. The fourth-order valence-electron chi connectivity index (χ4n) is 1.08. The molecule has 0 atom stereocenters. The standard InChI is InChI=1S/C8H11N3/c1-3-4-8-7(5-9)10-6-11(8)2/h6H,3-4H2,1-2H3. The lowest BCUT2D eigenvalue weighted by Crippen LogP contribution is -1.96. The van der Waals surface area contributed by atoms with Crippen molar-refractivity contribution < 1.29 is 0 Å². The molecular formula is C8H11N3. The van der Waals surface area contributed by atoms with Crippen LogP contribution in [0.15, 0.2) is 6.33 Å². The quantitative estimate of drug-likeness (QED) is 0.635. The number of rotatable bonds is 2. The highest BCUT2D eigenvalue weighted by molar-refractivity contribution is 5.26. The van der Waals surface area contributed by atoms with E-state index in [1.165, 1.54) is 0 Å². The highest BCUT2D eigenvalue weighted by atomic mass is 15.0. The second-order valence-electron chi connectivity index (χ2n) is 2.51. The summed E-state index contributed by atoms with van der Waals surface area (Å²) in [5.74, 6) is 0. The third-order valence-electron chi connectivity index (χ3n) is 1.65. The summed E-state index contributed by atoms with van der Waals surface area (Å²) in [6, 6.07) is 2.07. The van der Waals surface area contributed by atoms with Crippen LogP contribution < -0.4 is 0 Å². The summed E-state index contributed by atoms with van der Waals surface area (Å²) in [6.07, 6.45) is 3.66. The highest BCUT2D eigenvalue weighted by Gasteiger charge is 2.05. The SMILES string of the molecule is CCCc1c(C#N)ncn1C. The minimum Gasteiger partial charge on any atom is -0.336 e. The van der Waals surface area contributed by atoms with Crippen LogP contribution in [-0.4, -0.2) is 9.55 Å². The fourth-order valence-corrected chi connectivity index (χ4v) is 1.08. The average molecular weight is 149 g/mol. The van der Waals surface area contributed by atoms with E-state index in [1.54, 1.807) is 6.33 Å². The van der Waals surface area contributed by atoms with Crippen LogP contribution in [0.25, 0.3) is 0 Å². The first-order valence-electron chi connectivity index (χ1n) is 3.70. The van der Waals surface area contributed by atoms with Gasteiger partial charge < -0.3 is 4.57 Å². The van der Waals surface area contributed by atoms with Gasteiger partial charge in [-0.3, -0.25) is 0 Å². The van der Waals surface area contributed by atoms with Crippen molar-refractivity contribution in [1.82, 2.24) is 9.55 Å². The van der Waals surface area contributed by atoms with Gasteiger partial charge in [0.05, 0.1) is 12.0 Å². The zero-order valence-electron chi connectivity index (χ0n) is 6.83. The molecule has 0 aliphatic rings. The molecule has 0 saturated carbocycles. The summed E-state index contributed by atoms with van der Waals surface area (Å²) in [5.41, 5.74) is 1.60. The normalized spacial score (nSPS) is 9.55. The van der Waals surface area contributed by atoms with Crippen molar-refractivity contribution in [1.29, 1.82) is 5.26 Å². The van der Waals surface area contributed by atoms with Crippen LogP contribution in [0.3, 0.4) is 0 Å². The topological polar surface area (TPSA) is 41.6 Å². The van der Waals surface area contributed by atoms with Gasteiger partial charge in [0.15, 0.2) is 5.69 Å². The molecule has 3 nitrogen and oxygen atoms in total. The number of nitriles is 1. The first kappa shape index (κ1) is 7.80. The second-order valence-corrected chi connectivity index (χ2v) is 2.51. The molecule has 3 heteroatoms. The number of imidazole rings is 1. The van der Waals surface area contributed by atoms with Crippen molar-refractivity contribution in [3.05, 3.63) is 17.7 Å². The van der Waals surface area contributed by atoms with E-state index in [1.807, 2.05) is 11.6 Å². The summed E-state index contributed by atoms with van der Waals surface area (Å²) in [6.45, 7) is 2.09. The minimum atomic E-state index is 0.564. The maximum Gasteiger partial charge on any atom is 0.161 e. The monoisotopic (exact) mass is 149 g/mol. The van der Waals surface area contributed by atoms with Gasteiger partial charge in [-0.15, -0.1) is 0 Å². The third-order valence-corrected chi connectivity index (χ3v) is 1.65. The molecule has 0 fully saturated rings. The lowest BCUT2D eigenvalue weighted by Gasteiger charge is -1.98. The Morgan fingerprint density at radius 1 is 1.73 bits per heavy atom. The van der Waals surface area contributed by atoms with Gasteiger partial charge in [-0.05, 0) is 6.42 Å². The van der Waals surface area contributed by atoms with Crippen molar-refractivity contribution >= 4 is 0 Å². The zero-order chi connectivity index (χ0) is 8.27. The van der Waals surface area contributed by atoms with Gasteiger partial charge in [0, 0.05) is 7.05 Å². The van der Waals surface area contributed by atoms with Crippen molar-refractivity contribution in [3.63, 3.8) is 0 Å². The van der Waals surface area contributed by atoms with E-state index in [4.69, 9.17) is 5.26 Å². The lowest BCUT2D eigenvalue weighted by molar-refractivity contribution is 0.784. The molecule has 58 valence electrons. The van der Waals surface area contributed by atoms with E-state index in [2.05, 4.69) is 18.0 Å². The third kappa shape index (κ3) is 1.40. The highest BCUT2D eigenvalue weighted by Crippen LogP contribution is 2.06. The summed E-state index contributed by atoms with van der Waals surface area (Å²) < 4.78 is 1.90. The first-order chi connectivity index (χ1) is 5.29. The molecule has 0 bridgehead atoms. The molecule has 0 N–H and O–H groups in total. The van der Waals surface area contributed by atoms with E-state index in [-0.39, 0.29) is 0 Å². The Morgan fingerprint density at radius 2 is 2.45 bits per heavy atom. The van der Waals surface area contributed by atoms with E-state index in [0.717, 1.165) is 18.5 Å². The van der Waals surface area contributed by atoms with Gasteiger partial charge in [0.1, 0.15) is 6.07 Å². The summed E-state index contributed by atoms with van der Waals surface area (Å²) in [4.78, 5) is 3.95. The molecule has 1 rings (SSSR count). The second kappa shape index (κ2) is 3.20. The van der Waals surface area contributed by atoms with Crippen molar-refractivity contribution in [3.8, 4) is 6.07 Å². The largest absolute Gasteiger partial charge is 0.336 e. The van der Waals surface area contributed by atoms with Gasteiger partial charge in [-0.25, -0.2) is 4.98 Å². The Labute approximate surface area is 66.3 Å². The summed E-state index contributed by atoms with van der Waals surface area (Å²) in [7, 11) is 1.92. The molecule has 1 aromatic heterocycles. The van der Waals surface area contributed by atoms with Crippen LogP contribution in [0, 0.1) is 11.3 Å². The predicted octanol–water partition coefficient (Wildman–Crippen LogP) is 1.24. The Hall–Kier alpha value is -1.30. The number of nitrogens with zero attached hydrogens (tertiary/aromatic N) is 3. The number of aromatic nitrogens is 2. The molecule has 0 saturated heterocycles. The van der Waals surface area contributed by atoms with E-state index in [0.29, 0.717) is 5.69 Å². The van der Waals surface area contributed by atoms with Crippen LogP contribution in [-0.2, 0) is 13.5 Å². The van der Waals surface area contributed by atoms with Crippen LogP contribution >= 0.6 is 0 Å². The van der Waals surface area contributed by atoms with Crippen LogP contribution in [0.4, 0.5) is 0 Å². The van der Waals surface area contributed by atoms with E-state index < -0.39 is 0 Å². The van der Waals surface area contributed by atoms with E-state index in [9.17, 15) is 0 Å². The smallest absolute Gasteiger partial charge is 0.161 e. The molecule has 0 aliphatic carbocycles. The Kier molecular flexibility index (Phi) is 2.27. The van der Waals surface area contributed by atoms with Gasteiger partial charge >= 0.3 is 0 Å². The average Bonchev–Trinajstić information content (AvgIpc) is 2.34. The molecule has 1 aromatic rings. The zero-order valence-corrected chi connectivity index (χ0v) is 6.83. The van der Waals surface area contributed by atoms with Gasteiger partial charge in [-0.2, -0.15) is 5.26 Å². The Bertz CT molecular complexity index is 280. The molecule has 1 heterocycles. The first-order valence-corrected chi connectivity index (χ1v) is 3.70. The van der Waals surface area contributed by atoms with Crippen LogP contribution in [0.1, 0.15) is 24.7 Å². The lowest BCUT2D eigenvalue weighted by atomic mass is 10.2. The Balaban J connectivity index is 3.00. The molecule has 0 unspecified atom stereocenters. The molecule has 0 radical (unpaired) electrons. The molecule has 0 amide bonds. The minimum absolute atomic E-state index is 0.564. The maximum absolute atomic E-state index is 8.63.